The highest BCUT2D eigenvalue weighted by Crippen LogP contribution is 2.23. The molecule has 1 aromatic heterocycles. The third-order valence-corrected chi connectivity index (χ3v) is 5.08. The van der Waals surface area contributed by atoms with E-state index in [-0.39, 0.29) is 11.5 Å². The average molecular weight is 351 g/mol. The highest BCUT2D eigenvalue weighted by atomic mass is 32.2. The molecule has 132 valence electrons. The van der Waals surface area contributed by atoms with E-state index in [1.54, 1.807) is 12.1 Å². The van der Waals surface area contributed by atoms with E-state index in [0.29, 0.717) is 23.2 Å². The standard InChI is InChI=1S/C17H25N3O3S/c1-12(13-7-9-14(10-8-13)24(6,21)22)20(5)11-15-18-16(23-19-15)17(2,3)4/h7-10,12H,11H2,1-6H3/t12-/m1/s1. The summed E-state index contributed by atoms with van der Waals surface area (Å²) >= 11 is 0. The topological polar surface area (TPSA) is 76.3 Å². The van der Waals surface area contributed by atoms with Crippen molar-refractivity contribution in [1.82, 2.24) is 15.0 Å². The summed E-state index contributed by atoms with van der Waals surface area (Å²) in [5.41, 5.74) is 0.862. The van der Waals surface area contributed by atoms with Crippen LogP contribution >= 0.6 is 0 Å². The Hall–Kier alpha value is -1.73. The van der Waals surface area contributed by atoms with Crippen molar-refractivity contribution < 1.29 is 12.9 Å². The van der Waals surface area contributed by atoms with Crippen molar-refractivity contribution in [2.24, 2.45) is 0 Å². The van der Waals surface area contributed by atoms with Crippen LogP contribution in [0.25, 0.3) is 0 Å². The van der Waals surface area contributed by atoms with Crippen LogP contribution in [-0.4, -0.2) is 36.8 Å². The largest absolute Gasteiger partial charge is 0.339 e. The van der Waals surface area contributed by atoms with Crippen LogP contribution in [0.3, 0.4) is 0 Å². The first-order valence-corrected chi connectivity index (χ1v) is 9.71. The number of aromatic nitrogens is 2. The smallest absolute Gasteiger partial charge is 0.232 e. The van der Waals surface area contributed by atoms with Crippen molar-refractivity contribution in [2.75, 3.05) is 13.3 Å². The summed E-state index contributed by atoms with van der Waals surface area (Å²) in [5, 5.41) is 4.04. The Kier molecular flexibility index (Phi) is 5.15. The van der Waals surface area contributed by atoms with Crippen LogP contribution in [0.2, 0.25) is 0 Å². The Morgan fingerprint density at radius 2 is 1.79 bits per heavy atom. The number of benzene rings is 1. The molecule has 2 aromatic rings. The predicted octanol–water partition coefficient (Wildman–Crippen LogP) is 2.96. The monoisotopic (exact) mass is 351 g/mol. The van der Waals surface area contributed by atoms with Gasteiger partial charge in [-0.15, -0.1) is 0 Å². The zero-order valence-electron chi connectivity index (χ0n) is 15.1. The molecule has 0 spiro atoms. The van der Waals surface area contributed by atoms with Crippen LogP contribution < -0.4 is 0 Å². The molecule has 0 radical (unpaired) electrons. The van der Waals surface area contributed by atoms with Crippen LogP contribution in [0.4, 0.5) is 0 Å². The molecule has 0 bridgehead atoms. The summed E-state index contributed by atoms with van der Waals surface area (Å²) in [4.78, 5) is 6.86. The number of rotatable bonds is 5. The van der Waals surface area contributed by atoms with E-state index >= 15 is 0 Å². The van der Waals surface area contributed by atoms with Crippen LogP contribution in [-0.2, 0) is 21.8 Å². The van der Waals surface area contributed by atoms with E-state index in [4.69, 9.17) is 4.52 Å². The lowest BCUT2D eigenvalue weighted by Crippen LogP contribution is -2.22. The van der Waals surface area contributed by atoms with Gasteiger partial charge in [-0.1, -0.05) is 38.1 Å². The van der Waals surface area contributed by atoms with Crippen molar-refractivity contribution in [2.45, 2.75) is 50.6 Å². The molecule has 7 heteroatoms. The van der Waals surface area contributed by atoms with Gasteiger partial charge in [-0.05, 0) is 31.7 Å². The lowest BCUT2D eigenvalue weighted by molar-refractivity contribution is 0.241. The average Bonchev–Trinajstić information content (AvgIpc) is 2.94. The highest BCUT2D eigenvalue weighted by molar-refractivity contribution is 7.90. The van der Waals surface area contributed by atoms with Crippen LogP contribution in [0.5, 0.6) is 0 Å². The van der Waals surface area contributed by atoms with Gasteiger partial charge in [-0.25, -0.2) is 8.42 Å². The van der Waals surface area contributed by atoms with E-state index in [2.05, 4.69) is 22.0 Å². The maximum atomic E-state index is 11.5. The minimum atomic E-state index is -3.17. The molecule has 0 saturated heterocycles. The highest BCUT2D eigenvalue weighted by Gasteiger charge is 2.23. The van der Waals surface area contributed by atoms with Gasteiger partial charge in [-0.2, -0.15) is 4.98 Å². The zero-order valence-corrected chi connectivity index (χ0v) is 15.9. The lowest BCUT2D eigenvalue weighted by atomic mass is 9.97. The number of hydrogen-bond acceptors (Lipinski definition) is 6. The SMILES string of the molecule is C[C@H](c1ccc(S(C)(=O)=O)cc1)N(C)Cc1noc(C(C)(C)C)n1. The second kappa shape index (κ2) is 6.64. The van der Waals surface area contributed by atoms with Gasteiger partial charge in [0.25, 0.3) is 0 Å². The second-order valence-corrected chi connectivity index (χ2v) is 9.21. The molecule has 1 heterocycles. The molecule has 2 rings (SSSR count). The lowest BCUT2D eigenvalue weighted by Gasteiger charge is -2.23. The van der Waals surface area contributed by atoms with Crippen LogP contribution in [0, 0.1) is 0 Å². The number of hydrogen-bond donors (Lipinski definition) is 0. The van der Waals surface area contributed by atoms with Crippen LogP contribution in [0.1, 0.15) is 51.0 Å². The first kappa shape index (κ1) is 18.6. The fraction of sp³-hybridized carbons (Fsp3) is 0.529. The first-order valence-electron chi connectivity index (χ1n) is 7.82. The molecule has 1 aromatic carbocycles. The van der Waals surface area contributed by atoms with Crippen molar-refractivity contribution in [3.63, 3.8) is 0 Å². The molecule has 0 aliphatic carbocycles. The van der Waals surface area contributed by atoms with E-state index < -0.39 is 9.84 Å². The van der Waals surface area contributed by atoms with Crippen molar-refractivity contribution in [1.29, 1.82) is 0 Å². The predicted molar refractivity (Wildman–Crippen MR) is 92.4 cm³/mol. The summed E-state index contributed by atoms with van der Waals surface area (Å²) in [5.74, 6) is 1.26. The number of nitrogens with zero attached hydrogens (tertiary/aromatic N) is 3. The van der Waals surface area contributed by atoms with Gasteiger partial charge in [-0.3, -0.25) is 4.90 Å². The van der Waals surface area contributed by atoms with Gasteiger partial charge >= 0.3 is 0 Å². The summed E-state index contributed by atoms with van der Waals surface area (Å²) < 4.78 is 28.4. The summed E-state index contributed by atoms with van der Waals surface area (Å²) in [6.07, 6.45) is 1.21. The minimum Gasteiger partial charge on any atom is -0.339 e. The minimum absolute atomic E-state index is 0.0928. The quantitative estimate of drug-likeness (QED) is 0.824. The van der Waals surface area contributed by atoms with Gasteiger partial charge in [0, 0.05) is 17.7 Å². The first-order chi connectivity index (χ1) is 11.0. The molecule has 0 saturated carbocycles. The van der Waals surface area contributed by atoms with Gasteiger partial charge in [0.05, 0.1) is 11.4 Å². The van der Waals surface area contributed by atoms with E-state index in [9.17, 15) is 8.42 Å². The molecule has 6 nitrogen and oxygen atoms in total. The van der Waals surface area contributed by atoms with Gasteiger partial charge in [0.2, 0.25) is 5.89 Å². The Labute approximate surface area is 143 Å². The van der Waals surface area contributed by atoms with E-state index in [0.717, 1.165) is 5.56 Å². The summed E-state index contributed by atoms with van der Waals surface area (Å²) in [6, 6.07) is 7.06. The molecule has 24 heavy (non-hydrogen) atoms. The second-order valence-electron chi connectivity index (χ2n) is 7.20. The third kappa shape index (κ3) is 4.42. The Balaban J connectivity index is 2.09. The fourth-order valence-electron chi connectivity index (χ4n) is 2.23. The van der Waals surface area contributed by atoms with Gasteiger partial charge < -0.3 is 4.52 Å². The van der Waals surface area contributed by atoms with E-state index in [1.165, 1.54) is 6.26 Å². The molecule has 1 atom stereocenters. The summed E-state index contributed by atoms with van der Waals surface area (Å²) in [7, 11) is -1.20. The molecular formula is C17H25N3O3S. The molecule has 0 fully saturated rings. The Morgan fingerprint density at radius 1 is 1.21 bits per heavy atom. The normalized spacial score (nSPS) is 14.1. The fourth-order valence-corrected chi connectivity index (χ4v) is 2.86. The van der Waals surface area contributed by atoms with Gasteiger partial charge in [0.15, 0.2) is 15.7 Å². The van der Waals surface area contributed by atoms with Crippen molar-refractivity contribution >= 4 is 9.84 Å². The Bertz CT molecular complexity index is 789. The molecule has 0 aliphatic rings. The maximum Gasteiger partial charge on any atom is 0.232 e. The molecule has 0 N–H and O–H groups in total. The van der Waals surface area contributed by atoms with E-state index in [1.807, 2.05) is 40.0 Å². The van der Waals surface area contributed by atoms with Crippen molar-refractivity contribution in [3.8, 4) is 0 Å². The number of sulfone groups is 1. The zero-order chi connectivity index (χ0) is 18.1. The van der Waals surface area contributed by atoms with Crippen molar-refractivity contribution in [3.05, 3.63) is 41.5 Å². The molecule has 0 amide bonds. The third-order valence-electron chi connectivity index (χ3n) is 3.95. The molecular weight excluding hydrogens is 326 g/mol. The van der Waals surface area contributed by atoms with Crippen LogP contribution in [0.15, 0.2) is 33.7 Å². The molecule has 0 aliphatic heterocycles. The molecule has 0 unspecified atom stereocenters. The maximum absolute atomic E-state index is 11.5. The van der Waals surface area contributed by atoms with Gasteiger partial charge in [0.1, 0.15) is 0 Å². The summed E-state index contributed by atoms with van der Waals surface area (Å²) in [6.45, 7) is 8.69. The Morgan fingerprint density at radius 3 is 2.25 bits per heavy atom.